The first-order valence-corrected chi connectivity index (χ1v) is 9.19. The minimum atomic E-state index is 0.0561. The molecule has 0 saturated heterocycles. The van der Waals surface area contributed by atoms with Crippen molar-refractivity contribution in [3.63, 3.8) is 0 Å². The smallest absolute Gasteiger partial charge is 0.220 e. The Morgan fingerprint density at radius 2 is 1.83 bits per heavy atom. The monoisotopic (exact) mass is 367 g/mol. The number of hydrogen-bond donors (Lipinski definition) is 1. The van der Waals surface area contributed by atoms with Crippen LogP contribution in [0.4, 0.5) is 0 Å². The summed E-state index contributed by atoms with van der Waals surface area (Å²) in [6.07, 6.45) is 1.11. The number of carbonyl (C=O) groups is 1. The lowest BCUT2D eigenvalue weighted by Gasteiger charge is -2.06. The molecule has 2 rings (SSSR count). The first-order chi connectivity index (χ1) is 11.0. The SMILES string of the molecule is Cc1ccc(SCCNC(=O)CCc2ccc(Cl)c(Cl)c2)cc1. The van der Waals surface area contributed by atoms with E-state index in [-0.39, 0.29) is 5.91 Å². The molecule has 0 fully saturated rings. The predicted octanol–water partition coefficient (Wildman–Crippen LogP) is 5.14. The minimum absolute atomic E-state index is 0.0561. The van der Waals surface area contributed by atoms with Gasteiger partial charge in [-0.25, -0.2) is 0 Å². The van der Waals surface area contributed by atoms with E-state index in [9.17, 15) is 4.79 Å². The van der Waals surface area contributed by atoms with Crippen molar-refractivity contribution >= 4 is 40.9 Å². The van der Waals surface area contributed by atoms with E-state index in [0.29, 0.717) is 29.4 Å². The third-order valence-corrected chi connectivity index (χ3v) is 5.09. The molecule has 0 heterocycles. The van der Waals surface area contributed by atoms with Crippen molar-refractivity contribution in [2.75, 3.05) is 12.3 Å². The Balaban J connectivity index is 1.65. The van der Waals surface area contributed by atoms with E-state index < -0.39 is 0 Å². The van der Waals surface area contributed by atoms with Gasteiger partial charge in [0.15, 0.2) is 0 Å². The van der Waals surface area contributed by atoms with Crippen molar-refractivity contribution in [1.82, 2.24) is 5.32 Å². The van der Waals surface area contributed by atoms with Gasteiger partial charge in [0, 0.05) is 23.6 Å². The lowest BCUT2D eigenvalue weighted by atomic mass is 10.1. The van der Waals surface area contributed by atoms with Gasteiger partial charge in [0.1, 0.15) is 0 Å². The molecule has 0 aromatic heterocycles. The van der Waals surface area contributed by atoms with Gasteiger partial charge >= 0.3 is 0 Å². The van der Waals surface area contributed by atoms with Crippen molar-refractivity contribution in [3.8, 4) is 0 Å². The number of thioether (sulfide) groups is 1. The zero-order valence-electron chi connectivity index (χ0n) is 12.9. The fourth-order valence-electron chi connectivity index (χ4n) is 2.04. The van der Waals surface area contributed by atoms with E-state index in [0.717, 1.165) is 11.3 Å². The van der Waals surface area contributed by atoms with Gasteiger partial charge in [0.25, 0.3) is 0 Å². The van der Waals surface area contributed by atoms with E-state index in [2.05, 4.69) is 36.5 Å². The Hall–Kier alpha value is -1.16. The molecule has 2 aromatic carbocycles. The first kappa shape index (κ1) is 18.2. The molecule has 0 aliphatic heterocycles. The summed E-state index contributed by atoms with van der Waals surface area (Å²) in [5.41, 5.74) is 2.27. The molecule has 1 N–H and O–H groups in total. The molecule has 0 aliphatic carbocycles. The summed E-state index contributed by atoms with van der Waals surface area (Å²) in [4.78, 5) is 13.1. The molecule has 0 unspecified atom stereocenters. The summed E-state index contributed by atoms with van der Waals surface area (Å²) >= 11 is 13.6. The van der Waals surface area contributed by atoms with Crippen molar-refractivity contribution < 1.29 is 4.79 Å². The molecule has 0 saturated carbocycles. The number of benzene rings is 2. The highest BCUT2D eigenvalue weighted by atomic mass is 35.5. The number of amides is 1. The summed E-state index contributed by atoms with van der Waals surface area (Å²) in [6, 6.07) is 13.9. The third kappa shape index (κ3) is 6.46. The number of carbonyl (C=O) groups excluding carboxylic acids is 1. The van der Waals surface area contributed by atoms with Crippen LogP contribution in [0.5, 0.6) is 0 Å². The number of hydrogen-bond acceptors (Lipinski definition) is 2. The highest BCUT2D eigenvalue weighted by Gasteiger charge is 2.04. The van der Waals surface area contributed by atoms with Crippen molar-refractivity contribution in [2.45, 2.75) is 24.7 Å². The van der Waals surface area contributed by atoms with Gasteiger partial charge in [-0.15, -0.1) is 11.8 Å². The largest absolute Gasteiger partial charge is 0.355 e. The van der Waals surface area contributed by atoms with Crippen LogP contribution in [-0.4, -0.2) is 18.2 Å². The summed E-state index contributed by atoms with van der Waals surface area (Å²) in [7, 11) is 0. The van der Waals surface area contributed by atoms with Crippen LogP contribution in [0, 0.1) is 6.92 Å². The van der Waals surface area contributed by atoms with E-state index >= 15 is 0 Å². The Morgan fingerprint density at radius 1 is 1.09 bits per heavy atom. The molecule has 23 heavy (non-hydrogen) atoms. The molecule has 0 spiro atoms. The quantitative estimate of drug-likeness (QED) is 0.541. The second-order valence-electron chi connectivity index (χ2n) is 5.26. The summed E-state index contributed by atoms with van der Waals surface area (Å²) in [6.45, 7) is 2.74. The van der Waals surface area contributed by atoms with Crippen molar-refractivity contribution in [2.24, 2.45) is 0 Å². The number of halogens is 2. The maximum atomic E-state index is 11.8. The zero-order valence-corrected chi connectivity index (χ0v) is 15.3. The van der Waals surface area contributed by atoms with Gasteiger partial charge in [-0.1, -0.05) is 47.0 Å². The first-order valence-electron chi connectivity index (χ1n) is 7.44. The zero-order chi connectivity index (χ0) is 16.7. The minimum Gasteiger partial charge on any atom is -0.355 e. The molecule has 122 valence electrons. The molecule has 0 aliphatic rings. The maximum Gasteiger partial charge on any atom is 0.220 e. The van der Waals surface area contributed by atoms with Crippen LogP contribution in [-0.2, 0) is 11.2 Å². The number of nitrogens with one attached hydrogen (secondary N) is 1. The molecular formula is C18H19Cl2NOS. The second kappa shape index (κ2) is 9.21. The van der Waals surface area contributed by atoms with Gasteiger partial charge < -0.3 is 5.32 Å². The van der Waals surface area contributed by atoms with Gasteiger partial charge in [0.2, 0.25) is 5.91 Å². The van der Waals surface area contributed by atoms with Gasteiger partial charge in [-0.05, 0) is 43.2 Å². The van der Waals surface area contributed by atoms with E-state index in [4.69, 9.17) is 23.2 Å². The molecule has 1 amide bonds. The fourth-order valence-corrected chi connectivity index (χ4v) is 3.12. The highest BCUT2D eigenvalue weighted by molar-refractivity contribution is 7.99. The maximum absolute atomic E-state index is 11.8. The molecule has 2 nitrogen and oxygen atoms in total. The van der Waals surface area contributed by atoms with E-state index in [1.165, 1.54) is 10.5 Å². The Bertz CT molecular complexity index is 659. The molecule has 0 atom stereocenters. The number of aryl methyl sites for hydroxylation is 2. The molecular weight excluding hydrogens is 349 g/mol. The van der Waals surface area contributed by atoms with E-state index in [1.54, 1.807) is 17.8 Å². The fraction of sp³-hybridized carbons (Fsp3) is 0.278. The molecule has 5 heteroatoms. The van der Waals surface area contributed by atoms with Crippen LogP contribution in [0.3, 0.4) is 0 Å². The van der Waals surface area contributed by atoms with Crippen LogP contribution in [0.15, 0.2) is 47.4 Å². The van der Waals surface area contributed by atoms with Gasteiger partial charge in [0.05, 0.1) is 10.0 Å². The normalized spacial score (nSPS) is 10.6. The number of rotatable bonds is 7. The highest BCUT2D eigenvalue weighted by Crippen LogP contribution is 2.23. The third-order valence-electron chi connectivity index (χ3n) is 3.34. The Morgan fingerprint density at radius 3 is 2.52 bits per heavy atom. The van der Waals surface area contributed by atoms with Crippen LogP contribution in [0.25, 0.3) is 0 Å². The topological polar surface area (TPSA) is 29.1 Å². The van der Waals surface area contributed by atoms with Crippen LogP contribution < -0.4 is 5.32 Å². The average Bonchev–Trinajstić information content (AvgIpc) is 2.54. The lowest BCUT2D eigenvalue weighted by molar-refractivity contribution is -0.120. The molecule has 0 bridgehead atoms. The van der Waals surface area contributed by atoms with E-state index in [1.807, 2.05) is 12.1 Å². The summed E-state index contributed by atoms with van der Waals surface area (Å²) < 4.78 is 0. The lowest BCUT2D eigenvalue weighted by Crippen LogP contribution is -2.25. The molecule has 0 radical (unpaired) electrons. The van der Waals surface area contributed by atoms with Crippen LogP contribution >= 0.6 is 35.0 Å². The van der Waals surface area contributed by atoms with Gasteiger partial charge in [-0.3, -0.25) is 4.79 Å². The Kier molecular flexibility index (Phi) is 7.28. The summed E-state index contributed by atoms with van der Waals surface area (Å²) in [5.74, 6) is 0.919. The van der Waals surface area contributed by atoms with Crippen molar-refractivity contribution in [3.05, 3.63) is 63.6 Å². The average molecular weight is 368 g/mol. The summed E-state index contributed by atoms with van der Waals surface area (Å²) in [5, 5.41) is 4.00. The Labute approximate surface area is 151 Å². The van der Waals surface area contributed by atoms with Gasteiger partial charge in [-0.2, -0.15) is 0 Å². The van der Waals surface area contributed by atoms with Crippen LogP contribution in [0.1, 0.15) is 17.5 Å². The standard InChI is InChI=1S/C18H19Cl2NOS/c1-13-2-6-15(7-3-13)23-11-10-21-18(22)9-5-14-4-8-16(19)17(20)12-14/h2-4,6-8,12H,5,9-11H2,1H3,(H,21,22). The van der Waals surface area contributed by atoms with Crippen LogP contribution in [0.2, 0.25) is 10.0 Å². The predicted molar refractivity (Wildman–Crippen MR) is 99.7 cm³/mol. The second-order valence-corrected chi connectivity index (χ2v) is 7.24. The molecule has 2 aromatic rings. The van der Waals surface area contributed by atoms with Crippen molar-refractivity contribution in [1.29, 1.82) is 0 Å².